The number of pyridine rings is 1. The summed E-state index contributed by atoms with van der Waals surface area (Å²) in [5.41, 5.74) is -0.469. The summed E-state index contributed by atoms with van der Waals surface area (Å²) >= 11 is 0. The number of nitrogens with zero attached hydrogens (tertiary/aromatic N) is 3. The monoisotopic (exact) mass is 257 g/mol. The van der Waals surface area contributed by atoms with Gasteiger partial charge in [0.1, 0.15) is 12.7 Å². The molecular formula is C10H12FN3O4. The number of rotatable bonds is 6. The Balaban J connectivity index is 3.04. The quantitative estimate of drug-likeness (QED) is 0.611. The molecule has 0 aliphatic heterocycles. The first-order valence-corrected chi connectivity index (χ1v) is 5.22. The molecule has 0 saturated heterocycles. The molecule has 0 spiro atoms. The maximum atomic E-state index is 13.6. The summed E-state index contributed by atoms with van der Waals surface area (Å²) in [7, 11) is 0. The van der Waals surface area contributed by atoms with Crippen LogP contribution in [-0.4, -0.2) is 34.1 Å². The minimum absolute atomic E-state index is 0.190. The largest absolute Gasteiger partial charge is 0.480 e. The summed E-state index contributed by atoms with van der Waals surface area (Å²) in [5.74, 6) is -2.22. The third-order valence-electron chi connectivity index (χ3n) is 2.14. The molecule has 98 valence electrons. The molecule has 7 nitrogen and oxygen atoms in total. The molecule has 1 aromatic heterocycles. The minimum atomic E-state index is -1.12. The first kappa shape index (κ1) is 13.8. The lowest BCUT2D eigenvalue weighted by molar-refractivity contribution is -0.385. The maximum absolute atomic E-state index is 13.6. The second-order valence-electron chi connectivity index (χ2n) is 3.57. The zero-order valence-electron chi connectivity index (χ0n) is 9.67. The van der Waals surface area contributed by atoms with Crippen LogP contribution < -0.4 is 4.90 Å². The van der Waals surface area contributed by atoms with E-state index in [0.29, 0.717) is 13.0 Å². The normalized spacial score (nSPS) is 10.1. The van der Waals surface area contributed by atoms with Crippen molar-refractivity contribution in [2.24, 2.45) is 0 Å². The summed E-state index contributed by atoms with van der Waals surface area (Å²) in [4.78, 5) is 25.2. The highest BCUT2D eigenvalue weighted by Crippen LogP contribution is 2.20. The zero-order valence-corrected chi connectivity index (χ0v) is 9.67. The first-order valence-electron chi connectivity index (χ1n) is 5.22. The summed E-state index contributed by atoms with van der Waals surface area (Å²) in [6.45, 7) is 1.70. The fourth-order valence-corrected chi connectivity index (χ4v) is 1.45. The Bertz CT molecular complexity index is 466. The number of carboxylic acid groups (broad SMARTS) is 1. The van der Waals surface area contributed by atoms with Gasteiger partial charge in [-0.1, -0.05) is 6.92 Å². The van der Waals surface area contributed by atoms with Crippen molar-refractivity contribution < 1.29 is 19.2 Å². The molecule has 1 heterocycles. The Morgan fingerprint density at radius 3 is 2.78 bits per heavy atom. The van der Waals surface area contributed by atoms with Gasteiger partial charge >= 0.3 is 5.97 Å². The lowest BCUT2D eigenvalue weighted by Crippen LogP contribution is -2.31. The summed E-state index contributed by atoms with van der Waals surface area (Å²) in [6, 6.07) is 0.729. The van der Waals surface area contributed by atoms with E-state index in [9.17, 15) is 19.3 Å². The van der Waals surface area contributed by atoms with Crippen molar-refractivity contribution >= 4 is 17.5 Å². The molecule has 0 fully saturated rings. The Morgan fingerprint density at radius 1 is 1.67 bits per heavy atom. The maximum Gasteiger partial charge on any atom is 0.323 e. The molecule has 0 saturated carbocycles. The van der Waals surface area contributed by atoms with Crippen LogP contribution >= 0.6 is 0 Å². The number of hydrogen-bond acceptors (Lipinski definition) is 5. The SMILES string of the molecule is CCCN(CC(=O)O)c1ncc([N+](=O)[O-])cc1F. The van der Waals surface area contributed by atoms with Gasteiger partial charge < -0.3 is 10.0 Å². The second kappa shape index (κ2) is 5.89. The van der Waals surface area contributed by atoms with Gasteiger partial charge in [-0.2, -0.15) is 0 Å². The summed E-state index contributed by atoms with van der Waals surface area (Å²) < 4.78 is 13.6. The van der Waals surface area contributed by atoms with E-state index in [-0.39, 0.29) is 5.82 Å². The molecule has 0 aliphatic rings. The molecule has 1 rings (SSSR count). The van der Waals surface area contributed by atoms with E-state index < -0.39 is 28.9 Å². The Kier molecular flexibility index (Phi) is 4.52. The van der Waals surface area contributed by atoms with Crippen molar-refractivity contribution in [2.45, 2.75) is 13.3 Å². The molecule has 0 atom stereocenters. The molecule has 1 aromatic rings. The fourth-order valence-electron chi connectivity index (χ4n) is 1.45. The van der Waals surface area contributed by atoms with E-state index >= 15 is 0 Å². The highest BCUT2D eigenvalue weighted by Gasteiger charge is 2.18. The smallest absolute Gasteiger partial charge is 0.323 e. The van der Waals surface area contributed by atoms with Crippen molar-refractivity contribution in [3.05, 3.63) is 28.2 Å². The van der Waals surface area contributed by atoms with E-state index in [1.54, 1.807) is 6.92 Å². The van der Waals surface area contributed by atoms with Gasteiger partial charge in [-0.05, 0) is 6.42 Å². The predicted molar refractivity (Wildman–Crippen MR) is 61.0 cm³/mol. The molecule has 0 aliphatic carbocycles. The van der Waals surface area contributed by atoms with Crippen LogP contribution in [0, 0.1) is 15.9 Å². The van der Waals surface area contributed by atoms with Crippen LogP contribution in [0.4, 0.5) is 15.9 Å². The van der Waals surface area contributed by atoms with Crippen LogP contribution in [-0.2, 0) is 4.79 Å². The van der Waals surface area contributed by atoms with E-state index in [0.717, 1.165) is 12.3 Å². The van der Waals surface area contributed by atoms with Gasteiger partial charge in [0.2, 0.25) is 0 Å². The second-order valence-corrected chi connectivity index (χ2v) is 3.57. The standard InChI is InChI=1S/C10H12FN3O4/c1-2-3-13(6-9(15)16)10-8(11)4-7(5-12-10)14(17)18/h4-5H,2-3,6H2,1H3,(H,15,16). The van der Waals surface area contributed by atoms with E-state index in [2.05, 4.69) is 4.98 Å². The lowest BCUT2D eigenvalue weighted by Gasteiger charge is -2.20. The number of anilines is 1. The molecular weight excluding hydrogens is 245 g/mol. The van der Waals surface area contributed by atoms with Crippen molar-refractivity contribution in [1.29, 1.82) is 0 Å². The minimum Gasteiger partial charge on any atom is -0.480 e. The average molecular weight is 257 g/mol. The molecule has 0 amide bonds. The summed E-state index contributed by atoms with van der Waals surface area (Å²) in [6.07, 6.45) is 1.51. The van der Waals surface area contributed by atoms with E-state index in [1.165, 1.54) is 4.90 Å². The highest BCUT2D eigenvalue weighted by molar-refractivity contribution is 5.73. The van der Waals surface area contributed by atoms with Gasteiger partial charge in [-0.25, -0.2) is 9.37 Å². The fraction of sp³-hybridized carbons (Fsp3) is 0.400. The highest BCUT2D eigenvalue weighted by atomic mass is 19.1. The van der Waals surface area contributed by atoms with Crippen LogP contribution in [0.1, 0.15) is 13.3 Å². The van der Waals surface area contributed by atoms with Gasteiger partial charge in [0, 0.05) is 6.54 Å². The third kappa shape index (κ3) is 3.37. The van der Waals surface area contributed by atoms with Crippen LogP contribution in [0.2, 0.25) is 0 Å². The Morgan fingerprint density at radius 2 is 2.33 bits per heavy atom. The molecule has 0 radical (unpaired) electrons. The molecule has 0 aromatic carbocycles. The molecule has 0 unspecified atom stereocenters. The van der Waals surface area contributed by atoms with Crippen molar-refractivity contribution in [3.8, 4) is 0 Å². The van der Waals surface area contributed by atoms with Crippen molar-refractivity contribution in [2.75, 3.05) is 18.0 Å². The van der Waals surface area contributed by atoms with Crippen molar-refractivity contribution in [1.82, 2.24) is 4.98 Å². The number of aliphatic carboxylic acids is 1. The van der Waals surface area contributed by atoms with Gasteiger partial charge in [0.25, 0.3) is 5.69 Å². The molecule has 1 N–H and O–H groups in total. The van der Waals surface area contributed by atoms with Gasteiger partial charge in [0.15, 0.2) is 11.6 Å². The zero-order chi connectivity index (χ0) is 13.7. The van der Waals surface area contributed by atoms with Gasteiger partial charge in [0.05, 0.1) is 11.0 Å². The first-order chi connectivity index (χ1) is 8.45. The number of carboxylic acids is 1. The number of aromatic nitrogens is 1. The Labute approximate surface area is 102 Å². The molecule has 18 heavy (non-hydrogen) atoms. The summed E-state index contributed by atoms with van der Waals surface area (Å²) in [5, 5.41) is 19.1. The van der Waals surface area contributed by atoms with E-state index in [1.807, 2.05) is 0 Å². The van der Waals surface area contributed by atoms with Crippen LogP contribution in [0.25, 0.3) is 0 Å². The number of hydrogen-bond donors (Lipinski definition) is 1. The number of carbonyl (C=O) groups is 1. The van der Waals surface area contributed by atoms with Gasteiger partial charge in [-0.3, -0.25) is 14.9 Å². The number of nitro groups is 1. The molecule has 0 bridgehead atoms. The third-order valence-corrected chi connectivity index (χ3v) is 2.14. The van der Waals surface area contributed by atoms with Gasteiger partial charge in [-0.15, -0.1) is 0 Å². The predicted octanol–water partition coefficient (Wildman–Crippen LogP) is 1.43. The number of halogens is 1. The van der Waals surface area contributed by atoms with Crippen LogP contribution in [0.3, 0.4) is 0 Å². The lowest BCUT2D eigenvalue weighted by atomic mass is 10.3. The van der Waals surface area contributed by atoms with Crippen LogP contribution in [0.5, 0.6) is 0 Å². The van der Waals surface area contributed by atoms with E-state index in [4.69, 9.17) is 5.11 Å². The Hall–Kier alpha value is -2.25. The molecule has 8 heteroatoms. The van der Waals surface area contributed by atoms with Crippen LogP contribution in [0.15, 0.2) is 12.3 Å². The average Bonchev–Trinajstić information content (AvgIpc) is 2.27. The topological polar surface area (TPSA) is 96.6 Å². The van der Waals surface area contributed by atoms with Crippen molar-refractivity contribution in [3.63, 3.8) is 0 Å².